The van der Waals surface area contributed by atoms with Crippen molar-refractivity contribution in [3.63, 3.8) is 0 Å². The van der Waals surface area contributed by atoms with Crippen molar-refractivity contribution in [2.24, 2.45) is 0 Å². The quantitative estimate of drug-likeness (QED) is 0.668. The van der Waals surface area contributed by atoms with Crippen LogP contribution in [0.3, 0.4) is 0 Å². The molecule has 20 heavy (non-hydrogen) atoms. The second-order valence-electron chi connectivity index (χ2n) is 4.98. The van der Waals surface area contributed by atoms with Crippen molar-refractivity contribution in [3.8, 4) is 5.88 Å². The first-order valence-corrected chi connectivity index (χ1v) is 6.65. The first-order valence-electron chi connectivity index (χ1n) is 6.65. The van der Waals surface area contributed by atoms with E-state index in [1.807, 2.05) is 0 Å². The van der Waals surface area contributed by atoms with Gasteiger partial charge in [-0.3, -0.25) is 10.1 Å². The Morgan fingerprint density at radius 3 is 2.75 bits per heavy atom. The van der Waals surface area contributed by atoms with Crippen LogP contribution in [0.15, 0.2) is 12.1 Å². The summed E-state index contributed by atoms with van der Waals surface area (Å²) in [6, 6.07) is 2.70. The molecule has 1 aliphatic carbocycles. The number of hydrogen-bond donors (Lipinski definition) is 1. The van der Waals surface area contributed by atoms with Gasteiger partial charge in [-0.1, -0.05) is 12.8 Å². The van der Waals surface area contributed by atoms with Crippen molar-refractivity contribution in [1.82, 2.24) is 4.98 Å². The minimum Gasteiger partial charge on any atom is -0.481 e. The summed E-state index contributed by atoms with van der Waals surface area (Å²) >= 11 is 0. The van der Waals surface area contributed by atoms with Crippen molar-refractivity contribution in [2.45, 2.75) is 37.8 Å². The number of likely N-dealkylation sites (N-methyl/N-ethyl adjacent to an activating group) is 1. The van der Waals surface area contributed by atoms with Crippen LogP contribution in [0.25, 0.3) is 0 Å². The highest BCUT2D eigenvalue weighted by Gasteiger charge is 2.31. The molecule has 7 heteroatoms. The molecule has 0 amide bonds. The summed E-state index contributed by atoms with van der Waals surface area (Å²) in [5.74, 6) is 0.558. The zero-order valence-corrected chi connectivity index (χ0v) is 11.7. The first-order chi connectivity index (χ1) is 9.54. The van der Waals surface area contributed by atoms with Gasteiger partial charge in [0.2, 0.25) is 11.7 Å². The second kappa shape index (κ2) is 6.04. The molecular weight excluding hydrogens is 262 g/mol. The van der Waals surface area contributed by atoms with E-state index in [-0.39, 0.29) is 17.5 Å². The van der Waals surface area contributed by atoms with E-state index >= 15 is 0 Å². The Hall–Kier alpha value is -1.89. The lowest BCUT2D eigenvalue weighted by Gasteiger charge is -2.35. The van der Waals surface area contributed by atoms with Crippen molar-refractivity contribution in [3.05, 3.63) is 22.2 Å². The Bertz CT molecular complexity index is 495. The number of nitrogens with zero attached hydrogens (tertiary/aromatic N) is 3. The summed E-state index contributed by atoms with van der Waals surface area (Å²) in [7, 11) is 3.20. The molecular formula is C13H19N3O4. The standard InChI is InChI=1S/C13H19N3O4/c1-15(9-5-3-4-6-11(9)17)13-10(16(18)19)7-8-12(14-13)20-2/h7-9,11,17H,3-6H2,1-2H3. The maximum Gasteiger partial charge on any atom is 0.311 e. The highest BCUT2D eigenvalue weighted by molar-refractivity contribution is 5.59. The van der Waals surface area contributed by atoms with Crippen LogP contribution < -0.4 is 9.64 Å². The third-order valence-corrected chi connectivity index (χ3v) is 3.76. The molecule has 0 radical (unpaired) electrons. The van der Waals surface area contributed by atoms with E-state index in [9.17, 15) is 15.2 Å². The van der Waals surface area contributed by atoms with Crippen molar-refractivity contribution >= 4 is 11.5 Å². The summed E-state index contributed by atoms with van der Waals surface area (Å²) in [5, 5.41) is 21.2. The largest absolute Gasteiger partial charge is 0.481 e. The van der Waals surface area contributed by atoms with E-state index in [1.165, 1.54) is 19.2 Å². The number of hydrogen-bond acceptors (Lipinski definition) is 6. The van der Waals surface area contributed by atoms with Gasteiger partial charge in [0.15, 0.2) is 0 Å². The molecule has 0 bridgehead atoms. The van der Waals surface area contributed by atoms with Gasteiger partial charge in [-0.2, -0.15) is 4.98 Å². The minimum absolute atomic E-state index is 0.0777. The lowest BCUT2D eigenvalue weighted by Crippen LogP contribution is -2.44. The molecule has 2 rings (SSSR count). The third kappa shape index (κ3) is 2.82. The third-order valence-electron chi connectivity index (χ3n) is 3.76. The average Bonchev–Trinajstić information content (AvgIpc) is 2.46. The van der Waals surface area contributed by atoms with E-state index in [0.717, 1.165) is 19.3 Å². The second-order valence-corrected chi connectivity index (χ2v) is 4.98. The predicted octanol–water partition coefficient (Wildman–Crippen LogP) is 1.74. The molecule has 0 aliphatic heterocycles. The van der Waals surface area contributed by atoms with E-state index in [0.29, 0.717) is 12.3 Å². The Labute approximate surface area is 117 Å². The van der Waals surface area contributed by atoms with E-state index in [4.69, 9.17) is 4.74 Å². The van der Waals surface area contributed by atoms with Crippen LogP contribution in [0, 0.1) is 10.1 Å². The summed E-state index contributed by atoms with van der Waals surface area (Å²) < 4.78 is 5.03. The summed E-state index contributed by atoms with van der Waals surface area (Å²) in [6.45, 7) is 0. The molecule has 1 N–H and O–H groups in total. The lowest BCUT2D eigenvalue weighted by atomic mass is 9.91. The van der Waals surface area contributed by atoms with Gasteiger partial charge >= 0.3 is 5.69 Å². The molecule has 1 saturated carbocycles. The van der Waals surface area contributed by atoms with Gasteiger partial charge < -0.3 is 14.7 Å². The molecule has 0 saturated heterocycles. The van der Waals surface area contributed by atoms with Crippen LogP contribution in [-0.2, 0) is 0 Å². The number of aliphatic hydroxyl groups excluding tert-OH is 1. The molecule has 110 valence electrons. The number of nitro groups is 1. The van der Waals surface area contributed by atoms with Gasteiger partial charge in [0.25, 0.3) is 0 Å². The van der Waals surface area contributed by atoms with Crippen LogP contribution in [0.1, 0.15) is 25.7 Å². The molecule has 1 aromatic heterocycles. The van der Waals surface area contributed by atoms with E-state index in [1.54, 1.807) is 11.9 Å². The van der Waals surface area contributed by atoms with Crippen LogP contribution in [0.2, 0.25) is 0 Å². The Balaban J connectivity index is 2.35. The lowest BCUT2D eigenvalue weighted by molar-refractivity contribution is -0.384. The smallest absolute Gasteiger partial charge is 0.311 e. The zero-order valence-electron chi connectivity index (χ0n) is 11.7. The fourth-order valence-electron chi connectivity index (χ4n) is 2.64. The average molecular weight is 281 g/mol. The number of aliphatic hydroxyl groups is 1. The van der Waals surface area contributed by atoms with Crippen molar-refractivity contribution in [2.75, 3.05) is 19.1 Å². The maximum absolute atomic E-state index is 11.1. The maximum atomic E-state index is 11.1. The SMILES string of the molecule is COc1ccc([N+](=O)[O-])c(N(C)C2CCCCC2O)n1. The Morgan fingerprint density at radius 2 is 2.15 bits per heavy atom. The fourth-order valence-corrected chi connectivity index (χ4v) is 2.64. The number of ether oxygens (including phenoxy) is 1. The molecule has 2 unspecified atom stereocenters. The topological polar surface area (TPSA) is 88.7 Å². The summed E-state index contributed by atoms with van der Waals surface area (Å²) in [5.41, 5.74) is -0.0777. The number of anilines is 1. The van der Waals surface area contributed by atoms with Crippen LogP contribution in [0.5, 0.6) is 5.88 Å². The van der Waals surface area contributed by atoms with Gasteiger partial charge in [0.1, 0.15) is 0 Å². The minimum atomic E-state index is -0.485. The Morgan fingerprint density at radius 1 is 1.45 bits per heavy atom. The molecule has 7 nitrogen and oxygen atoms in total. The number of aromatic nitrogens is 1. The normalized spacial score (nSPS) is 22.4. The van der Waals surface area contributed by atoms with Crippen LogP contribution >= 0.6 is 0 Å². The molecule has 0 spiro atoms. The van der Waals surface area contributed by atoms with Crippen LogP contribution in [0.4, 0.5) is 11.5 Å². The van der Waals surface area contributed by atoms with Crippen molar-refractivity contribution in [1.29, 1.82) is 0 Å². The zero-order chi connectivity index (χ0) is 14.7. The molecule has 1 heterocycles. The number of rotatable bonds is 4. The van der Waals surface area contributed by atoms with E-state index < -0.39 is 11.0 Å². The van der Waals surface area contributed by atoms with Crippen LogP contribution in [-0.4, -0.2) is 41.3 Å². The monoisotopic (exact) mass is 281 g/mol. The molecule has 1 aliphatic rings. The molecule has 1 aromatic rings. The summed E-state index contributed by atoms with van der Waals surface area (Å²) in [4.78, 5) is 16.5. The predicted molar refractivity (Wildman–Crippen MR) is 74.1 cm³/mol. The number of pyridine rings is 1. The highest BCUT2D eigenvalue weighted by Crippen LogP contribution is 2.32. The van der Waals surface area contributed by atoms with Gasteiger partial charge in [0.05, 0.1) is 24.2 Å². The summed E-state index contributed by atoms with van der Waals surface area (Å²) in [6.07, 6.45) is 3.02. The van der Waals surface area contributed by atoms with E-state index in [2.05, 4.69) is 4.98 Å². The van der Waals surface area contributed by atoms with Gasteiger partial charge in [0, 0.05) is 19.2 Å². The fraction of sp³-hybridized carbons (Fsp3) is 0.615. The highest BCUT2D eigenvalue weighted by atomic mass is 16.6. The molecule has 0 aromatic carbocycles. The van der Waals surface area contributed by atoms with Gasteiger partial charge in [-0.05, 0) is 12.8 Å². The van der Waals surface area contributed by atoms with Gasteiger partial charge in [-0.15, -0.1) is 0 Å². The van der Waals surface area contributed by atoms with Gasteiger partial charge in [-0.25, -0.2) is 0 Å². The molecule has 2 atom stereocenters. The van der Waals surface area contributed by atoms with Crippen molar-refractivity contribution < 1.29 is 14.8 Å². The Kier molecular flexibility index (Phi) is 4.39. The molecule has 1 fully saturated rings. The first kappa shape index (κ1) is 14.5. The number of methoxy groups -OCH3 is 1.